The normalized spacial score (nSPS) is 12.8. The quantitative estimate of drug-likeness (QED) is 0.374. The lowest BCUT2D eigenvalue weighted by Gasteiger charge is -2.25. The third-order valence-corrected chi connectivity index (χ3v) is 4.86. The van der Waals surface area contributed by atoms with E-state index in [1.807, 2.05) is 24.6 Å². The second-order valence-electron chi connectivity index (χ2n) is 7.02. The molecule has 0 fully saturated rings. The average Bonchev–Trinajstić information content (AvgIpc) is 3.02. The Morgan fingerprint density at radius 2 is 2.04 bits per heavy atom. The van der Waals surface area contributed by atoms with Crippen LogP contribution in [0, 0.1) is 6.92 Å². The van der Waals surface area contributed by atoms with E-state index in [0.717, 1.165) is 37.1 Å². The van der Waals surface area contributed by atoms with Crippen molar-refractivity contribution in [1.29, 1.82) is 0 Å². The van der Waals surface area contributed by atoms with E-state index in [-0.39, 0.29) is 0 Å². The van der Waals surface area contributed by atoms with Gasteiger partial charge in [0, 0.05) is 32.7 Å². The number of hydrogen-bond acceptors (Lipinski definition) is 4. The van der Waals surface area contributed by atoms with E-state index in [2.05, 4.69) is 81.6 Å². The molecule has 7 heteroatoms. The molecule has 152 valence electrons. The number of nitrogens with zero attached hydrogens (tertiary/aromatic N) is 5. The van der Waals surface area contributed by atoms with Gasteiger partial charge in [-0.05, 0) is 32.9 Å². The minimum Gasteiger partial charge on any atom is -0.356 e. The maximum Gasteiger partial charge on any atom is 0.191 e. The largest absolute Gasteiger partial charge is 0.356 e. The topological polar surface area (TPSA) is 70.4 Å². The number of hydrogen-bond donors (Lipinski definition) is 2. The van der Waals surface area contributed by atoms with E-state index in [1.165, 1.54) is 5.56 Å². The number of guanidine groups is 1. The summed E-state index contributed by atoms with van der Waals surface area (Å²) in [5.74, 6) is 2.49. The maximum atomic E-state index is 4.62. The Kier molecular flexibility index (Phi) is 8.68. The van der Waals surface area contributed by atoms with Crippen LogP contribution in [0.2, 0.25) is 0 Å². The van der Waals surface area contributed by atoms with Crippen molar-refractivity contribution < 1.29 is 0 Å². The first kappa shape index (κ1) is 21.6. The van der Waals surface area contributed by atoms with Crippen LogP contribution >= 0.6 is 0 Å². The zero-order valence-electron chi connectivity index (χ0n) is 17.5. The summed E-state index contributed by atoms with van der Waals surface area (Å²) in [5, 5.41) is 14.9. The molecule has 0 aliphatic rings. The summed E-state index contributed by atoms with van der Waals surface area (Å²) < 4.78 is 1.95. The minimum absolute atomic E-state index is 0.453. The van der Waals surface area contributed by atoms with Crippen molar-refractivity contribution in [1.82, 2.24) is 30.3 Å². The monoisotopic (exact) mass is 383 g/mol. The number of aliphatic imine (C=N–C) groups is 1. The Labute approximate surface area is 168 Å². The molecular weight excluding hydrogens is 350 g/mol. The van der Waals surface area contributed by atoms with Gasteiger partial charge in [0.05, 0.1) is 0 Å². The van der Waals surface area contributed by atoms with Crippen molar-refractivity contribution >= 4 is 5.96 Å². The van der Waals surface area contributed by atoms with E-state index in [4.69, 9.17) is 0 Å². The molecule has 7 nitrogen and oxygen atoms in total. The van der Waals surface area contributed by atoms with E-state index < -0.39 is 0 Å². The van der Waals surface area contributed by atoms with E-state index in [9.17, 15) is 0 Å². The van der Waals surface area contributed by atoms with Crippen molar-refractivity contribution in [2.75, 3.05) is 20.1 Å². The smallest absolute Gasteiger partial charge is 0.191 e. The molecule has 1 atom stereocenters. The van der Waals surface area contributed by atoms with Gasteiger partial charge in [0.1, 0.15) is 12.4 Å². The summed E-state index contributed by atoms with van der Waals surface area (Å²) >= 11 is 0. The van der Waals surface area contributed by atoms with Crippen molar-refractivity contribution in [3.8, 4) is 0 Å². The number of nitrogens with one attached hydrogen (secondary N) is 2. The molecular formula is C21H33N7. The highest BCUT2D eigenvalue weighted by Crippen LogP contribution is 2.08. The molecule has 28 heavy (non-hydrogen) atoms. The average molecular weight is 384 g/mol. The highest BCUT2D eigenvalue weighted by atomic mass is 15.3. The van der Waals surface area contributed by atoms with E-state index in [0.29, 0.717) is 19.1 Å². The molecule has 1 aromatic carbocycles. The molecule has 0 radical (unpaired) electrons. The highest BCUT2D eigenvalue weighted by Gasteiger charge is 2.10. The Morgan fingerprint density at radius 1 is 1.29 bits per heavy atom. The fraction of sp³-hybridized carbons (Fsp3) is 0.476. The van der Waals surface area contributed by atoms with Crippen LogP contribution in [0.15, 0.2) is 48.0 Å². The van der Waals surface area contributed by atoms with Crippen molar-refractivity contribution in [3.63, 3.8) is 0 Å². The summed E-state index contributed by atoms with van der Waals surface area (Å²) in [6.45, 7) is 10.9. The Hall–Kier alpha value is -2.67. The number of rotatable bonds is 10. The number of benzene rings is 1. The van der Waals surface area contributed by atoms with Gasteiger partial charge in [-0.2, -0.15) is 0 Å². The molecule has 0 bridgehead atoms. The first-order valence-electron chi connectivity index (χ1n) is 9.73. The third-order valence-electron chi connectivity index (χ3n) is 4.86. The molecule has 0 aliphatic carbocycles. The lowest BCUT2D eigenvalue weighted by Crippen LogP contribution is -2.40. The first-order chi connectivity index (χ1) is 13.5. The Morgan fingerprint density at radius 3 is 2.68 bits per heavy atom. The molecule has 1 heterocycles. The highest BCUT2D eigenvalue weighted by molar-refractivity contribution is 5.79. The molecule has 1 unspecified atom stereocenters. The molecule has 0 aliphatic heterocycles. The van der Waals surface area contributed by atoms with Crippen LogP contribution in [-0.2, 0) is 20.1 Å². The summed E-state index contributed by atoms with van der Waals surface area (Å²) in [5.41, 5.74) is 1.33. The van der Waals surface area contributed by atoms with Crippen LogP contribution in [0.5, 0.6) is 0 Å². The van der Waals surface area contributed by atoms with Gasteiger partial charge in [-0.15, -0.1) is 16.8 Å². The van der Waals surface area contributed by atoms with Gasteiger partial charge in [-0.25, -0.2) is 4.99 Å². The van der Waals surface area contributed by atoms with Crippen LogP contribution in [0.3, 0.4) is 0 Å². The van der Waals surface area contributed by atoms with Crippen LogP contribution in [0.25, 0.3) is 0 Å². The van der Waals surface area contributed by atoms with Crippen molar-refractivity contribution in [3.05, 3.63) is 60.2 Å². The second kappa shape index (κ2) is 11.2. The van der Waals surface area contributed by atoms with Gasteiger partial charge in [0.25, 0.3) is 0 Å². The summed E-state index contributed by atoms with van der Waals surface area (Å²) in [4.78, 5) is 6.99. The second-order valence-corrected chi connectivity index (χ2v) is 7.02. The van der Waals surface area contributed by atoms with Gasteiger partial charge in [-0.3, -0.25) is 4.90 Å². The van der Waals surface area contributed by atoms with Crippen LogP contribution in [0.4, 0.5) is 0 Å². The fourth-order valence-corrected chi connectivity index (χ4v) is 2.73. The minimum atomic E-state index is 0.453. The molecule has 1 aromatic heterocycles. The first-order valence-corrected chi connectivity index (χ1v) is 9.73. The summed E-state index contributed by atoms with van der Waals surface area (Å²) in [6, 6.07) is 11.0. The molecule has 2 rings (SSSR count). The zero-order valence-corrected chi connectivity index (χ0v) is 17.5. The van der Waals surface area contributed by atoms with Gasteiger partial charge in [0.2, 0.25) is 0 Å². The van der Waals surface area contributed by atoms with Gasteiger partial charge in [-0.1, -0.05) is 36.4 Å². The summed E-state index contributed by atoms with van der Waals surface area (Å²) in [6.07, 6.45) is 2.83. The van der Waals surface area contributed by atoms with Gasteiger partial charge < -0.3 is 15.2 Å². The zero-order chi connectivity index (χ0) is 20.4. The van der Waals surface area contributed by atoms with Gasteiger partial charge in [0.15, 0.2) is 11.8 Å². The lowest BCUT2D eigenvalue weighted by molar-refractivity contribution is 0.238. The molecule has 2 aromatic rings. The number of aryl methyl sites for hydroxylation is 1. The maximum absolute atomic E-state index is 4.62. The van der Waals surface area contributed by atoms with Gasteiger partial charge >= 0.3 is 0 Å². The van der Waals surface area contributed by atoms with E-state index >= 15 is 0 Å². The molecule has 0 saturated carbocycles. The molecule has 2 N–H and O–H groups in total. The molecule has 0 spiro atoms. The van der Waals surface area contributed by atoms with Crippen molar-refractivity contribution in [2.24, 2.45) is 12.0 Å². The Balaban J connectivity index is 1.83. The van der Waals surface area contributed by atoms with Crippen LogP contribution < -0.4 is 10.6 Å². The predicted molar refractivity (Wildman–Crippen MR) is 115 cm³/mol. The van der Waals surface area contributed by atoms with Crippen LogP contribution in [-0.4, -0.2) is 51.8 Å². The SMILES string of the molecule is C=CCNC(=NCc1nnc(C)n1C)NCCC(C)N(C)Cc1ccccc1. The molecule has 0 amide bonds. The Bertz CT molecular complexity index is 751. The van der Waals surface area contributed by atoms with E-state index in [1.54, 1.807) is 0 Å². The standard InChI is InChI=1S/C21H33N7/c1-6-13-22-21(24-15-20-26-25-18(3)28(20)5)23-14-12-17(2)27(4)16-19-10-8-7-9-11-19/h6-11,17H,1,12-16H2,2-5H3,(H2,22,23,24). The van der Waals surface area contributed by atoms with Crippen molar-refractivity contribution in [2.45, 2.75) is 39.4 Å². The number of aromatic nitrogens is 3. The summed E-state index contributed by atoms with van der Waals surface area (Å²) in [7, 11) is 4.12. The fourth-order valence-electron chi connectivity index (χ4n) is 2.73. The third kappa shape index (κ3) is 6.81. The lowest BCUT2D eigenvalue weighted by atomic mass is 10.1. The molecule has 0 saturated heterocycles. The predicted octanol–water partition coefficient (Wildman–Crippen LogP) is 2.26. The van der Waals surface area contributed by atoms with Crippen LogP contribution in [0.1, 0.15) is 30.6 Å².